The van der Waals surface area contributed by atoms with Crippen LogP contribution >= 0.6 is 0 Å². The Morgan fingerprint density at radius 3 is 3.19 bits per heavy atom. The van der Waals surface area contributed by atoms with Crippen molar-refractivity contribution in [3.8, 4) is 0 Å². The van der Waals surface area contributed by atoms with Crippen LogP contribution in [0.5, 0.6) is 0 Å². The molecule has 0 amide bonds. The average Bonchev–Trinajstić information content (AvgIpc) is 2.94. The highest BCUT2D eigenvalue weighted by Gasteiger charge is 2.27. The lowest BCUT2D eigenvalue weighted by Gasteiger charge is -2.26. The number of nitrogens with one attached hydrogen (secondary N) is 1. The molecule has 88 valence electrons. The predicted molar refractivity (Wildman–Crippen MR) is 61.9 cm³/mol. The number of hydrogen-bond acceptors (Lipinski definition) is 3. The first kappa shape index (κ1) is 10.3. The fourth-order valence-corrected chi connectivity index (χ4v) is 2.71. The van der Waals surface area contributed by atoms with Crippen LogP contribution in [0.25, 0.3) is 0 Å². The van der Waals surface area contributed by atoms with E-state index >= 15 is 0 Å². The molecule has 1 saturated carbocycles. The third-order valence-corrected chi connectivity index (χ3v) is 3.69. The maximum absolute atomic E-state index is 4.38. The van der Waals surface area contributed by atoms with E-state index in [9.17, 15) is 0 Å². The second-order valence-corrected chi connectivity index (χ2v) is 5.28. The predicted octanol–water partition coefficient (Wildman–Crippen LogP) is 1.89. The molecule has 1 aromatic heterocycles. The van der Waals surface area contributed by atoms with E-state index in [-0.39, 0.29) is 0 Å². The summed E-state index contributed by atoms with van der Waals surface area (Å²) < 4.78 is 2.05. The Labute approximate surface area is 96.4 Å². The molecule has 4 nitrogen and oxygen atoms in total. The van der Waals surface area contributed by atoms with Crippen molar-refractivity contribution in [3.63, 3.8) is 0 Å². The van der Waals surface area contributed by atoms with Crippen LogP contribution in [-0.4, -0.2) is 20.8 Å². The van der Waals surface area contributed by atoms with Crippen molar-refractivity contribution in [1.82, 2.24) is 20.1 Å². The zero-order valence-corrected chi connectivity index (χ0v) is 9.89. The van der Waals surface area contributed by atoms with E-state index in [0.717, 1.165) is 18.3 Å². The molecule has 1 fully saturated rings. The average molecular weight is 220 g/mol. The van der Waals surface area contributed by atoms with E-state index in [4.69, 9.17) is 0 Å². The zero-order valence-electron chi connectivity index (χ0n) is 9.89. The van der Waals surface area contributed by atoms with Gasteiger partial charge in [0.2, 0.25) is 0 Å². The summed E-state index contributed by atoms with van der Waals surface area (Å²) in [5, 5.41) is 7.96. The number of fused-ring (bicyclic) bond motifs is 1. The maximum Gasteiger partial charge on any atom is 0.143 e. The Bertz CT molecular complexity index is 356. The largest absolute Gasteiger partial charge is 0.305 e. The van der Waals surface area contributed by atoms with E-state index in [1.165, 1.54) is 32.1 Å². The monoisotopic (exact) mass is 220 g/mol. The van der Waals surface area contributed by atoms with Gasteiger partial charge >= 0.3 is 0 Å². The van der Waals surface area contributed by atoms with E-state index in [2.05, 4.69) is 22.3 Å². The molecule has 4 heteroatoms. The molecule has 0 aromatic carbocycles. The summed E-state index contributed by atoms with van der Waals surface area (Å²) in [7, 11) is 0. The van der Waals surface area contributed by atoms with Crippen molar-refractivity contribution in [2.24, 2.45) is 5.92 Å². The zero-order chi connectivity index (χ0) is 11.0. The quantitative estimate of drug-likeness (QED) is 0.842. The SMILES string of the molecule is CC(CC1CC1)NC1CCCn2ncnc21. The van der Waals surface area contributed by atoms with Gasteiger partial charge in [-0.2, -0.15) is 5.10 Å². The highest BCUT2D eigenvalue weighted by Crippen LogP contribution is 2.34. The van der Waals surface area contributed by atoms with Gasteiger partial charge in [-0.05, 0) is 32.1 Å². The van der Waals surface area contributed by atoms with Crippen molar-refractivity contribution in [2.45, 2.75) is 57.7 Å². The molecule has 0 saturated heterocycles. The Balaban J connectivity index is 1.62. The molecule has 0 spiro atoms. The number of nitrogens with zero attached hydrogens (tertiary/aromatic N) is 3. The smallest absolute Gasteiger partial charge is 0.143 e. The first-order valence-corrected chi connectivity index (χ1v) is 6.46. The number of aryl methyl sites for hydroxylation is 1. The molecule has 2 atom stereocenters. The van der Waals surface area contributed by atoms with E-state index in [1.807, 2.05) is 4.68 Å². The van der Waals surface area contributed by atoms with Crippen molar-refractivity contribution < 1.29 is 0 Å². The highest BCUT2D eigenvalue weighted by molar-refractivity contribution is 4.98. The Morgan fingerprint density at radius 1 is 1.50 bits per heavy atom. The van der Waals surface area contributed by atoms with Gasteiger partial charge in [0.05, 0.1) is 6.04 Å². The lowest BCUT2D eigenvalue weighted by atomic mass is 10.0. The maximum atomic E-state index is 4.38. The van der Waals surface area contributed by atoms with Gasteiger partial charge in [-0.3, -0.25) is 0 Å². The van der Waals surface area contributed by atoms with Gasteiger partial charge in [-0.1, -0.05) is 12.8 Å². The summed E-state index contributed by atoms with van der Waals surface area (Å²) >= 11 is 0. The fraction of sp³-hybridized carbons (Fsp3) is 0.833. The van der Waals surface area contributed by atoms with Crippen LogP contribution in [0.1, 0.15) is 50.9 Å². The highest BCUT2D eigenvalue weighted by atomic mass is 15.3. The number of rotatable bonds is 4. The molecule has 2 aliphatic rings. The molecule has 3 rings (SSSR count). The van der Waals surface area contributed by atoms with Crippen molar-refractivity contribution in [2.75, 3.05) is 0 Å². The van der Waals surface area contributed by atoms with Gasteiger partial charge in [0, 0.05) is 12.6 Å². The minimum Gasteiger partial charge on any atom is -0.305 e. The van der Waals surface area contributed by atoms with Crippen LogP contribution in [0.2, 0.25) is 0 Å². The van der Waals surface area contributed by atoms with Crippen LogP contribution in [-0.2, 0) is 6.54 Å². The number of aromatic nitrogens is 3. The van der Waals surface area contributed by atoms with Crippen molar-refractivity contribution >= 4 is 0 Å². The Morgan fingerprint density at radius 2 is 2.38 bits per heavy atom. The Kier molecular flexibility index (Phi) is 2.67. The first-order chi connectivity index (χ1) is 7.83. The molecule has 2 heterocycles. The second kappa shape index (κ2) is 4.17. The van der Waals surface area contributed by atoms with Gasteiger partial charge in [-0.25, -0.2) is 9.67 Å². The minimum absolute atomic E-state index is 0.421. The molecule has 2 unspecified atom stereocenters. The molecule has 1 aliphatic heterocycles. The normalized spacial score (nSPS) is 26.4. The Hall–Kier alpha value is -0.900. The summed E-state index contributed by atoms with van der Waals surface area (Å²) in [4.78, 5) is 4.38. The molecule has 0 bridgehead atoms. The lowest BCUT2D eigenvalue weighted by Crippen LogP contribution is -2.35. The number of hydrogen-bond donors (Lipinski definition) is 1. The second-order valence-electron chi connectivity index (χ2n) is 5.28. The molecular formula is C12H20N4. The summed E-state index contributed by atoms with van der Waals surface area (Å²) in [6.07, 6.45) is 8.29. The van der Waals surface area contributed by atoms with Gasteiger partial charge < -0.3 is 5.32 Å². The summed E-state index contributed by atoms with van der Waals surface area (Å²) in [5.41, 5.74) is 0. The van der Waals surface area contributed by atoms with Crippen molar-refractivity contribution in [1.29, 1.82) is 0 Å². The molecule has 0 radical (unpaired) electrons. The third-order valence-electron chi connectivity index (χ3n) is 3.69. The first-order valence-electron chi connectivity index (χ1n) is 6.46. The van der Waals surface area contributed by atoms with Crippen LogP contribution in [0.3, 0.4) is 0 Å². The van der Waals surface area contributed by atoms with Crippen LogP contribution in [0, 0.1) is 5.92 Å². The van der Waals surface area contributed by atoms with E-state index in [1.54, 1.807) is 6.33 Å². The lowest BCUT2D eigenvalue weighted by molar-refractivity contribution is 0.330. The van der Waals surface area contributed by atoms with Crippen LogP contribution < -0.4 is 5.32 Å². The van der Waals surface area contributed by atoms with E-state index < -0.39 is 0 Å². The topological polar surface area (TPSA) is 42.7 Å². The molecule has 16 heavy (non-hydrogen) atoms. The van der Waals surface area contributed by atoms with Crippen LogP contribution in [0.15, 0.2) is 6.33 Å². The van der Waals surface area contributed by atoms with Gasteiger partial charge in [0.25, 0.3) is 0 Å². The third kappa shape index (κ3) is 2.12. The summed E-state index contributed by atoms with van der Waals surface area (Å²) in [5.74, 6) is 2.12. The molecule has 1 aliphatic carbocycles. The van der Waals surface area contributed by atoms with Gasteiger partial charge in [0.15, 0.2) is 0 Å². The fourth-order valence-electron chi connectivity index (χ4n) is 2.71. The summed E-state index contributed by atoms with van der Waals surface area (Å²) in [6.45, 7) is 3.33. The van der Waals surface area contributed by atoms with Crippen molar-refractivity contribution in [3.05, 3.63) is 12.2 Å². The molecule has 1 aromatic rings. The molecule has 1 N–H and O–H groups in total. The van der Waals surface area contributed by atoms with Crippen LogP contribution in [0.4, 0.5) is 0 Å². The summed E-state index contributed by atoms with van der Waals surface area (Å²) in [6, 6.07) is 1.03. The van der Waals surface area contributed by atoms with Gasteiger partial charge in [-0.15, -0.1) is 0 Å². The minimum atomic E-state index is 0.421. The van der Waals surface area contributed by atoms with Gasteiger partial charge in [0.1, 0.15) is 12.2 Å². The van der Waals surface area contributed by atoms with E-state index in [0.29, 0.717) is 12.1 Å². The standard InChI is InChI=1S/C12H20N4/c1-9(7-10-4-5-10)15-11-3-2-6-16-12(11)13-8-14-16/h8-11,15H,2-7H2,1H3. The molecular weight excluding hydrogens is 200 g/mol.